The van der Waals surface area contributed by atoms with Crippen LogP contribution in [0.4, 0.5) is 0 Å². The van der Waals surface area contributed by atoms with Crippen molar-refractivity contribution in [2.24, 2.45) is 0 Å². The minimum atomic E-state index is 0.447. The predicted molar refractivity (Wildman–Crippen MR) is 124 cm³/mol. The topological polar surface area (TPSA) is 40.5 Å². The van der Waals surface area contributed by atoms with Gasteiger partial charge in [-0.15, -0.1) is 0 Å². The smallest absolute Gasteiger partial charge is 0.118 e. The van der Waals surface area contributed by atoms with Gasteiger partial charge < -0.3 is 10.2 Å². The number of rotatable bonds is 16. The largest absolute Gasteiger partial charge is 0.508 e. The molecule has 0 bridgehead atoms. The minimum Gasteiger partial charge on any atom is -0.508 e. The lowest BCUT2D eigenvalue weighted by Crippen LogP contribution is -1.88. The van der Waals surface area contributed by atoms with Crippen LogP contribution in [0, 0.1) is 0 Å². The Bertz CT molecular complexity index is 608. The van der Waals surface area contributed by atoms with Crippen LogP contribution in [0.15, 0.2) is 48.5 Å². The fourth-order valence-electron chi connectivity index (χ4n) is 4.02. The summed E-state index contributed by atoms with van der Waals surface area (Å²) in [5, 5.41) is 19.5. The zero-order valence-electron chi connectivity index (χ0n) is 18.1. The van der Waals surface area contributed by atoms with Crippen molar-refractivity contribution in [2.75, 3.05) is 0 Å². The molecule has 0 aromatic heterocycles. The zero-order chi connectivity index (χ0) is 20.6. The molecule has 0 unspecified atom stereocenters. The van der Waals surface area contributed by atoms with Crippen molar-refractivity contribution in [3.8, 4) is 11.5 Å². The molecule has 0 amide bonds. The first-order valence-corrected chi connectivity index (χ1v) is 11.8. The SMILES string of the molecule is Oc1ccccc1CCCCCCCCCCCCCCCc1ccccc1O. The van der Waals surface area contributed by atoms with E-state index in [-0.39, 0.29) is 0 Å². The summed E-state index contributed by atoms with van der Waals surface area (Å²) in [6, 6.07) is 15.4. The Balaban J connectivity index is 1.31. The highest BCUT2D eigenvalue weighted by Gasteiger charge is 2.00. The van der Waals surface area contributed by atoms with Gasteiger partial charge in [0.05, 0.1) is 0 Å². The van der Waals surface area contributed by atoms with Crippen LogP contribution in [0.1, 0.15) is 94.6 Å². The third-order valence-electron chi connectivity index (χ3n) is 5.88. The van der Waals surface area contributed by atoms with Gasteiger partial charge in [-0.05, 0) is 48.9 Å². The molecular weight excluding hydrogens is 356 g/mol. The van der Waals surface area contributed by atoms with Gasteiger partial charge >= 0.3 is 0 Å². The third-order valence-corrected chi connectivity index (χ3v) is 5.88. The van der Waals surface area contributed by atoms with E-state index in [4.69, 9.17) is 0 Å². The molecular formula is C27H40O2. The van der Waals surface area contributed by atoms with Crippen molar-refractivity contribution in [1.29, 1.82) is 0 Å². The number of para-hydroxylation sites is 2. The van der Waals surface area contributed by atoms with Crippen LogP contribution in [0.2, 0.25) is 0 Å². The van der Waals surface area contributed by atoms with Gasteiger partial charge in [0.25, 0.3) is 0 Å². The van der Waals surface area contributed by atoms with Crippen molar-refractivity contribution < 1.29 is 10.2 Å². The Kier molecular flexibility index (Phi) is 12.0. The fourth-order valence-corrected chi connectivity index (χ4v) is 4.02. The molecule has 29 heavy (non-hydrogen) atoms. The summed E-state index contributed by atoms with van der Waals surface area (Å²) in [6.07, 6.45) is 19.2. The van der Waals surface area contributed by atoms with E-state index in [9.17, 15) is 10.2 Å². The summed E-state index contributed by atoms with van der Waals surface area (Å²) in [7, 11) is 0. The highest BCUT2D eigenvalue weighted by Crippen LogP contribution is 2.20. The first kappa shape index (κ1) is 23.3. The van der Waals surface area contributed by atoms with Crippen LogP contribution in [0.25, 0.3) is 0 Å². The van der Waals surface area contributed by atoms with E-state index in [0.29, 0.717) is 11.5 Å². The molecule has 0 atom stereocenters. The Labute approximate surface area is 178 Å². The molecule has 0 saturated heterocycles. The maximum atomic E-state index is 9.76. The molecule has 2 N–H and O–H groups in total. The summed E-state index contributed by atoms with van der Waals surface area (Å²) in [6.45, 7) is 0. The standard InChI is InChI=1S/C27H40O2/c28-26-22-16-14-20-24(26)18-12-10-8-6-4-2-1-3-5-7-9-11-13-19-25-21-15-17-23-27(25)29/h14-17,20-23,28-29H,1-13,18-19H2. The Morgan fingerprint density at radius 2 is 0.655 bits per heavy atom. The van der Waals surface area contributed by atoms with E-state index < -0.39 is 0 Å². The van der Waals surface area contributed by atoms with Crippen molar-refractivity contribution in [2.45, 2.75) is 96.3 Å². The number of hydrogen-bond acceptors (Lipinski definition) is 2. The van der Waals surface area contributed by atoms with Gasteiger partial charge in [0, 0.05) is 0 Å². The van der Waals surface area contributed by atoms with Gasteiger partial charge in [0.15, 0.2) is 0 Å². The van der Waals surface area contributed by atoms with E-state index in [1.807, 2.05) is 36.4 Å². The molecule has 0 aliphatic heterocycles. The zero-order valence-corrected chi connectivity index (χ0v) is 18.1. The Morgan fingerprint density at radius 1 is 0.379 bits per heavy atom. The molecule has 0 fully saturated rings. The molecule has 0 aliphatic rings. The van der Waals surface area contributed by atoms with Gasteiger partial charge in [-0.1, -0.05) is 107 Å². The second-order valence-electron chi connectivity index (χ2n) is 8.35. The average Bonchev–Trinajstić information content (AvgIpc) is 2.73. The molecule has 0 aliphatic carbocycles. The summed E-state index contributed by atoms with van der Waals surface area (Å²) in [4.78, 5) is 0. The molecule has 0 saturated carbocycles. The molecule has 2 aromatic carbocycles. The van der Waals surface area contributed by atoms with Crippen molar-refractivity contribution in [1.82, 2.24) is 0 Å². The molecule has 160 valence electrons. The van der Waals surface area contributed by atoms with E-state index in [2.05, 4.69) is 0 Å². The van der Waals surface area contributed by atoms with Crippen LogP contribution in [0.5, 0.6) is 11.5 Å². The van der Waals surface area contributed by atoms with E-state index in [0.717, 1.165) is 24.0 Å². The van der Waals surface area contributed by atoms with Crippen LogP contribution in [-0.4, -0.2) is 10.2 Å². The highest BCUT2D eigenvalue weighted by atomic mass is 16.3. The second-order valence-corrected chi connectivity index (χ2v) is 8.35. The van der Waals surface area contributed by atoms with Crippen LogP contribution >= 0.6 is 0 Å². The molecule has 0 radical (unpaired) electrons. The summed E-state index contributed by atoms with van der Waals surface area (Å²) in [5.41, 5.74) is 2.18. The molecule has 2 heteroatoms. The summed E-state index contributed by atoms with van der Waals surface area (Å²) in [5.74, 6) is 0.894. The number of phenols is 2. The maximum absolute atomic E-state index is 9.76. The minimum absolute atomic E-state index is 0.447. The Hall–Kier alpha value is -1.96. The normalized spacial score (nSPS) is 11.0. The summed E-state index contributed by atoms with van der Waals surface area (Å²) < 4.78 is 0. The van der Waals surface area contributed by atoms with E-state index in [1.54, 1.807) is 12.1 Å². The number of aromatic hydroxyl groups is 2. The lowest BCUT2D eigenvalue weighted by molar-refractivity contribution is 0.465. The molecule has 2 nitrogen and oxygen atoms in total. The van der Waals surface area contributed by atoms with Gasteiger partial charge in [0.2, 0.25) is 0 Å². The van der Waals surface area contributed by atoms with Crippen molar-refractivity contribution in [3.63, 3.8) is 0 Å². The molecule has 0 spiro atoms. The van der Waals surface area contributed by atoms with Gasteiger partial charge in [-0.25, -0.2) is 0 Å². The van der Waals surface area contributed by atoms with Crippen molar-refractivity contribution in [3.05, 3.63) is 59.7 Å². The third kappa shape index (κ3) is 10.4. The molecule has 2 rings (SSSR count). The molecule has 0 heterocycles. The highest BCUT2D eigenvalue weighted by molar-refractivity contribution is 5.32. The van der Waals surface area contributed by atoms with E-state index in [1.165, 1.54) is 83.5 Å². The first-order chi connectivity index (χ1) is 14.3. The quantitative estimate of drug-likeness (QED) is 0.283. The predicted octanol–water partition coefficient (Wildman–Crippen LogP) is 7.95. The number of unbranched alkanes of at least 4 members (excludes halogenated alkanes) is 12. The second kappa shape index (κ2) is 15.0. The lowest BCUT2D eigenvalue weighted by Gasteiger charge is -2.05. The van der Waals surface area contributed by atoms with E-state index >= 15 is 0 Å². The Morgan fingerprint density at radius 3 is 0.966 bits per heavy atom. The van der Waals surface area contributed by atoms with Crippen LogP contribution < -0.4 is 0 Å². The van der Waals surface area contributed by atoms with Gasteiger partial charge in [-0.3, -0.25) is 0 Å². The van der Waals surface area contributed by atoms with Crippen LogP contribution in [-0.2, 0) is 12.8 Å². The van der Waals surface area contributed by atoms with Gasteiger partial charge in [0.1, 0.15) is 11.5 Å². The number of benzene rings is 2. The lowest BCUT2D eigenvalue weighted by atomic mass is 10.0. The first-order valence-electron chi connectivity index (χ1n) is 11.8. The summed E-state index contributed by atoms with van der Waals surface area (Å²) >= 11 is 0. The maximum Gasteiger partial charge on any atom is 0.118 e. The fraction of sp³-hybridized carbons (Fsp3) is 0.556. The van der Waals surface area contributed by atoms with Crippen LogP contribution in [0.3, 0.4) is 0 Å². The average molecular weight is 397 g/mol. The van der Waals surface area contributed by atoms with Gasteiger partial charge in [-0.2, -0.15) is 0 Å². The number of phenolic OH excluding ortho intramolecular Hbond substituents is 2. The monoisotopic (exact) mass is 396 g/mol. The molecule has 2 aromatic rings. The van der Waals surface area contributed by atoms with Crippen molar-refractivity contribution >= 4 is 0 Å². The number of hydrogen-bond donors (Lipinski definition) is 2. The number of aryl methyl sites for hydroxylation is 2.